The van der Waals surface area contributed by atoms with Gasteiger partial charge in [-0.15, -0.1) is 0 Å². The smallest absolute Gasteiger partial charge is 0.365 e. The minimum atomic E-state index is -3.48. The van der Waals surface area contributed by atoms with Gasteiger partial charge in [-0.2, -0.15) is 4.76 Å². The van der Waals surface area contributed by atoms with E-state index < -0.39 is 6.00 Å². The van der Waals surface area contributed by atoms with E-state index in [4.69, 9.17) is 28.2 Å². The molecule has 1 aromatic rings. The molecule has 0 saturated heterocycles. The molecule has 6 heteroatoms. The first-order chi connectivity index (χ1) is 5.99. The average Bonchev–Trinajstić information content (AvgIpc) is 2.03. The van der Waals surface area contributed by atoms with E-state index in [0.29, 0.717) is 5.56 Å². The normalized spacial score (nSPS) is 12.9. The number of nitrogens with zero attached hydrogens (tertiary/aromatic N) is 1. The molecule has 3 nitrogen and oxygen atoms in total. The monoisotopic (exact) mass is 236 g/mol. The molecule has 0 aliphatic heterocycles. The van der Waals surface area contributed by atoms with Crippen LogP contribution in [0.15, 0.2) is 35.1 Å². The first-order valence-corrected chi connectivity index (χ1v) is 6.86. The van der Waals surface area contributed by atoms with Gasteiger partial charge in [-0.1, -0.05) is 30.3 Å². The molecule has 0 atom stereocenters. The van der Waals surface area contributed by atoms with E-state index in [-0.39, 0.29) is 5.84 Å². The van der Waals surface area contributed by atoms with E-state index in [2.05, 4.69) is 4.76 Å². The van der Waals surface area contributed by atoms with Gasteiger partial charge in [0.1, 0.15) is 5.84 Å². The molecule has 0 aliphatic rings. The Morgan fingerprint density at radius 1 is 1.31 bits per heavy atom. The average molecular weight is 237 g/mol. The zero-order chi connectivity index (χ0) is 9.90. The van der Waals surface area contributed by atoms with Crippen molar-refractivity contribution in [2.45, 2.75) is 0 Å². The van der Waals surface area contributed by atoms with E-state index in [1.165, 1.54) is 0 Å². The van der Waals surface area contributed by atoms with Crippen LogP contribution in [0.3, 0.4) is 0 Å². The van der Waals surface area contributed by atoms with Crippen molar-refractivity contribution in [3.8, 4) is 0 Å². The van der Waals surface area contributed by atoms with Crippen LogP contribution in [0.25, 0.3) is 0 Å². The van der Waals surface area contributed by atoms with E-state index in [9.17, 15) is 4.57 Å². The van der Waals surface area contributed by atoms with Gasteiger partial charge in [-0.3, -0.25) is 4.57 Å². The molecular weight excluding hydrogens is 230 g/mol. The second-order valence-electron chi connectivity index (χ2n) is 2.29. The third-order valence-corrected chi connectivity index (χ3v) is 2.20. The third-order valence-electron chi connectivity index (χ3n) is 1.29. The van der Waals surface area contributed by atoms with Crippen LogP contribution in [-0.2, 0) is 4.57 Å². The molecule has 0 radical (unpaired) electrons. The second-order valence-corrected chi connectivity index (χ2v) is 6.62. The highest BCUT2D eigenvalue weighted by atomic mass is 35.9. The van der Waals surface area contributed by atoms with Crippen molar-refractivity contribution in [3.05, 3.63) is 35.9 Å². The molecule has 0 bridgehead atoms. The fourth-order valence-corrected chi connectivity index (χ4v) is 1.65. The highest BCUT2D eigenvalue weighted by Gasteiger charge is 2.12. The first kappa shape index (κ1) is 10.6. The summed E-state index contributed by atoms with van der Waals surface area (Å²) in [6.45, 7) is 0. The number of hydrogen-bond acceptors (Lipinski definition) is 1. The molecule has 1 rings (SSSR count). The highest BCUT2D eigenvalue weighted by Crippen LogP contribution is 2.58. The number of hydrogen-bond donors (Lipinski definition) is 1. The molecular formula is C7H7Cl2N2OP. The standard InChI is InChI=1S/C7H7Cl2N2OP/c8-13(9,12)11-7(10)6-4-2-1-3-5-6/h1-5H,(H2,10,11,12). The third kappa shape index (κ3) is 3.81. The summed E-state index contributed by atoms with van der Waals surface area (Å²) in [6.07, 6.45) is 0. The maximum absolute atomic E-state index is 10.9. The summed E-state index contributed by atoms with van der Waals surface area (Å²) in [5.41, 5.74) is 6.13. The number of halogens is 2. The Morgan fingerprint density at radius 2 is 1.85 bits per heavy atom. The van der Waals surface area contributed by atoms with Crippen molar-refractivity contribution in [1.82, 2.24) is 0 Å². The van der Waals surface area contributed by atoms with Crippen molar-refractivity contribution in [3.63, 3.8) is 0 Å². The van der Waals surface area contributed by atoms with Crippen molar-refractivity contribution in [2.24, 2.45) is 10.5 Å². The minimum absolute atomic E-state index is 0.0777. The quantitative estimate of drug-likeness (QED) is 0.488. The van der Waals surface area contributed by atoms with Crippen LogP contribution in [0.5, 0.6) is 0 Å². The molecule has 0 aromatic heterocycles. The van der Waals surface area contributed by atoms with Gasteiger partial charge in [0, 0.05) is 5.56 Å². The fraction of sp³-hybridized carbons (Fsp3) is 0. The van der Waals surface area contributed by atoms with E-state index in [0.717, 1.165) is 0 Å². The summed E-state index contributed by atoms with van der Waals surface area (Å²) in [5, 5.41) is 0. The van der Waals surface area contributed by atoms with Gasteiger partial charge in [0.05, 0.1) is 0 Å². The second kappa shape index (κ2) is 4.14. The van der Waals surface area contributed by atoms with Crippen LogP contribution < -0.4 is 5.73 Å². The lowest BCUT2D eigenvalue weighted by Crippen LogP contribution is -2.11. The van der Waals surface area contributed by atoms with Crippen molar-refractivity contribution < 1.29 is 4.57 Å². The van der Waals surface area contributed by atoms with Crippen LogP contribution in [0, 0.1) is 0 Å². The molecule has 0 heterocycles. The largest absolute Gasteiger partial charge is 0.383 e. The van der Waals surface area contributed by atoms with Crippen LogP contribution in [-0.4, -0.2) is 5.84 Å². The Balaban J connectivity index is 2.99. The molecule has 0 aliphatic carbocycles. The van der Waals surface area contributed by atoms with Gasteiger partial charge < -0.3 is 5.73 Å². The lowest BCUT2D eigenvalue weighted by molar-refractivity contribution is 0.593. The molecule has 70 valence electrons. The maximum Gasteiger partial charge on any atom is 0.365 e. The van der Waals surface area contributed by atoms with Crippen molar-refractivity contribution in [2.75, 3.05) is 0 Å². The van der Waals surface area contributed by atoms with Crippen LogP contribution in [0.1, 0.15) is 5.56 Å². The van der Waals surface area contributed by atoms with Crippen LogP contribution in [0.4, 0.5) is 0 Å². The SMILES string of the molecule is N/C(=N/P(=O)(Cl)Cl)c1ccccc1. The van der Waals surface area contributed by atoms with Crippen LogP contribution >= 0.6 is 28.5 Å². The number of rotatable bonds is 2. The zero-order valence-corrected chi connectivity index (χ0v) is 8.93. The zero-order valence-electron chi connectivity index (χ0n) is 6.52. The van der Waals surface area contributed by atoms with Crippen LogP contribution in [0.2, 0.25) is 0 Å². The molecule has 0 unspecified atom stereocenters. The van der Waals surface area contributed by atoms with Crippen molar-refractivity contribution >= 4 is 34.3 Å². The Kier molecular flexibility index (Phi) is 3.37. The molecule has 13 heavy (non-hydrogen) atoms. The fourth-order valence-electron chi connectivity index (χ4n) is 0.792. The Labute approximate surface area is 85.6 Å². The predicted molar refractivity (Wildman–Crippen MR) is 56.5 cm³/mol. The Morgan fingerprint density at radius 3 is 2.31 bits per heavy atom. The summed E-state index contributed by atoms with van der Waals surface area (Å²) < 4.78 is 14.3. The van der Waals surface area contributed by atoms with E-state index in [1.807, 2.05) is 6.07 Å². The molecule has 0 saturated carbocycles. The molecule has 2 N–H and O–H groups in total. The van der Waals surface area contributed by atoms with Gasteiger partial charge in [-0.05, 0) is 22.5 Å². The molecule has 1 aromatic carbocycles. The van der Waals surface area contributed by atoms with Gasteiger partial charge in [0.2, 0.25) is 0 Å². The lowest BCUT2D eigenvalue weighted by atomic mass is 10.2. The molecule has 0 spiro atoms. The Bertz CT molecular complexity index is 360. The van der Waals surface area contributed by atoms with Gasteiger partial charge in [0.15, 0.2) is 0 Å². The Hall–Kier alpha value is -0.500. The number of nitrogens with two attached hydrogens (primary N) is 1. The topological polar surface area (TPSA) is 55.4 Å². The van der Waals surface area contributed by atoms with Gasteiger partial charge in [-0.25, -0.2) is 0 Å². The summed E-state index contributed by atoms with van der Waals surface area (Å²) in [5.74, 6) is -3.40. The number of benzene rings is 1. The first-order valence-electron chi connectivity index (χ1n) is 3.39. The lowest BCUT2D eigenvalue weighted by Gasteiger charge is -1.99. The predicted octanol–water partition coefficient (Wildman–Crippen LogP) is 2.98. The summed E-state index contributed by atoms with van der Waals surface area (Å²) >= 11 is 10.5. The molecule has 0 fully saturated rings. The summed E-state index contributed by atoms with van der Waals surface area (Å²) in [4.78, 5) is 0. The van der Waals surface area contributed by atoms with Gasteiger partial charge >= 0.3 is 6.00 Å². The summed E-state index contributed by atoms with van der Waals surface area (Å²) in [6, 6.07) is 8.85. The highest BCUT2D eigenvalue weighted by molar-refractivity contribution is 8.07. The molecule has 0 amide bonds. The van der Waals surface area contributed by atoms with Gasteiger partial charge in [0.25, 0.3) is 0 Å². The number of amidine groups is 1. The van der Waals surface area contributed by atoms with E-state index in [1.54, 1.807) is 24.3 Å². The van der Waals surface area contributed by atoms with Crippen molar-refractivity contribution in [1.29, 1.82) is 0 Å². The minimum Gasteiger partial charge on any atom is -0.383 e. The maximum atomic E-state index is 10.9. The van der Waals surface area contributed by atoms with E-state index >= 15 is 0 Å². The summed E-state index contributed by atoms with van der Waals surface area (Å²) in [7, 11) is 0.